The standard InChI is InChI=1S/C13H11FN2O3/c14-13-6-5-11(9-15-13)19-8-7-10-3-1-2-4-12(10)16(17)18/h1-6,9H,7-8H2. The van der Waals surface area contributed by atoms with Gasteiger partial charge in [0.25, 0.3) is 5.69 Å². The quantitative estimate of drug-likeness (QED) is 0.472. The minimum atomic E-state index is -0.578. The minimum Gasteiger partial charge on any atom is -0.492 e. The highest BCUT2D eigenvalue weighted by Gasteiger charge is 2.11. The summed E-state index contributed by atoms with van der Waals surface area (Å²) in [5.74, 6) is -0.147. The lowest BCUT2D eigenvalue weighted by atomic mass is 10.1. The van der Waals surface area contributed by atoms with E-state index in [1.54, 1.807) is 18.2 Å². The van der Waals surface area contributed by atoms with Crippen LogP contribution in [0.5, 0.6) is 5.75 Å². The lowest BCUT2D eigenvalue weighted by Crippen LogP contribution is -2.04. The number of hydrogen-bond acceptors (Lipinski definition) is 4. The number of benzene rings is 1. The third kappa shape index (κ3) is 3.48. The largest absolute Gasteiger partial charge is 0.492 e. The van der Waals surface area contributed by atoms with E-state index in [1.165, 1.54) is 24.4 Å². The van der Waals surface area contributed by atoms with Crippen LogP contribution >= 0.6 is 0 Å². The molecule has 0 aliphatic carbocycles. The molecule has 0 radical (unpaired) electrons. The Hall–Kier alpha value is -2.50. The molecule has 0 bridgehead atoms. The Morgan fingerprint density at radius 3 is 2.74 bits per heavy atom. The van der Waals surface area contributed by atoms with Gasteiger partial charge in [-0.2, -0.15) is 4.39 Å². The maximum atomic E-state index is 12.6. The highest BCUT2D eigenvalue weighted by molar-refractivity contribution is 5.39. The van der Waals surface area contributed by atoms with Gasteiger partial charge in [-0.25, -0.2) is 4.98 Å². The molecule has 0 amide bonds. The Morgan fingerprint density at radius 1 is 1.26 bits per heavy atom. The average Bonchev–Trinajstić information content (AvgIpc) is 2.41. The number of halogens is 1. The second-order valence-electron chi connectivity index (χ2n) is 3.80. The molecule has 0 saturated carbocycles. The molecule has 5 nitrogen and oxygen atoms in total. The predicted molar refractivity (Wildman–Crippen MR) is 66.5 cm³/mol. The van der Waals surface area contributed by atoms with Crippen LogP contribution in [-0.4, -0.2) is 16.5 Å². The number of para-hydroxylation sites is 1. The Labute approximate surface area is 108 Å². The molecule has 0 spiro atoms. The Kier molecular flexibility index (Phi) is 4.02. The van der Waals surface area contributed by atoms with E-state index in [0.717, 1.165) is 0 Å². The number of pyridine rings is 1. The average molecular weight is 262 g/mol. The van der Waals surface area contributed by atoms with Crippen LogP contribution in [0.2, 0.25) is 0 Å². The lowest BCUT2D eigenvalue weighted by molar-refractivity contribution is -0.385. The third-order valence-electron chi connectivity index (χ3n) is 2.53. The zero-order valence-electron chi connectivity index (χ0n) is 9.95. The first-order valence-corrected chi connectivity index (χ1v) is 5.63. The maximum absolute atomic E-state index is 12.6. The number of hydrogen-bond donors (Lipinski definition) is 0. The zero-order chi connectivity index (χ0) is 13.7. The smallest absolute Gasteiger partial charge is 0.272 e. The van der Waals surface area contributed by atoms with Gasteiger partial charge in [-0.3, -0.25) is 10.1 Å². The van der Waals surface area contributed by atoms with Crippen LogP contribution < -0.4 is 4.74 Å². The fourth-order valence-corrected chi connectivity index (χ4v) is 1.63. The first kappa shape index (κ1) is 12.9. The molecule has 0 saturated heterocycles. The van der Waals surface area contributed by atoms with Crippen molar-refractivity contribution in [3.63, 3.8) is 0 Å². The number of nitro benzene ring substituents is 1. The molecular weight excluding hydrogens is 251 g/mol. The molecule has 19 heavy (non-hydrogen) atoms. The van der Waals surface area contributed by atoms with Crippen molar-refractivity contribution >= 4 is 5.69 Å². The first-order chi connectivity index (χ1) is 9.16. The summed E-state index contributed by atoms with van der Waals surface area (Å²) in [6.45, 7) is 0.262. The minimum absolute atomic E-state index is 0.0725. The molecule has 6 heteroatoms. The van der Waals surface area contributed by atoms with Gasteiger partial charge in [0.2, 0.25) is 5.95 Å². The highest BCUT2D eigenvalue weighted by Crippen LogP contribution is 2.18. The van der Waals surface area contributed by atoms with E-state index in [9.17, 15) is 14.5 Å². The molecule has 0 unspecified atom stereocenters. The van der Waals surface area contributed by atoms with E-state index in [4.69, 9.17) is 4.74 Å². The molecule has 0 aliphatic rings. The van der Waals surface area contributed by atoms with Crippen LogP contribution in [0, 0.1) is 16.1 Å². The van der Waals surface area contributed by atoms with Gasteiger partial charge < -0.3 is 4.74 Å². The van der Waals surface area contributed by atoms with Crippen molar-refractivity contribution in [1.82, 2.24) is 4.98 Å². The number of nitrogens with zero attached hydrogens (tertiary/aromatic N) is 2. The van der Waals surface area contributed by atoms with E-state index < -0.39 is 10.9 Å². The molecule has 2 rings (SSSR count). The van der Waals surface area contributed by atoms with Crippen molar-refractivity contribution in [2.24, 2.45) is 0 Å². The van der Waals surface area contributed by atoms with Crippen molar-refractivity contribution in [3.8, 4) is 5.75 Å². The Bertz CT molecular complexity index is 572. The molecular formula is C13H11FN2O3. The summed E-state index contributed by atoms with van der Waals surface area (Å²) in [6.07, 6.45) is 1.67. The number of rotatable bonds is 5. The van der Waals surface area contributed by atoms with E-state index >= 15 is 0 Å². The summed E-state index contributed by atoms with van der Waals surface area (Å²) in [6, 6.07) is 9.15. The van der Waals surface area contributed by atoms with Crippen molar-refractivity contribution in [2.75, 3.05) is 6.61 Å². The van der Waals surface area contributed by atoms with Gasteiger partial charge in [-0.1, -0.05) is 18.2 Å². The summed E-state index contributed by atoms with van der Waals surface area (Å²) in [7, 11) is 0. The van der Waals surface area contributed by atoms with Crippen LogP contribution in [0.3, 0.4) is 0 Å². The van der Waals surface area contributed by atoms with Gasteiger partial charge in [-0.15, -0.1) is 0 Å². The van der Waals surface area contributed by atoms with Gasteiger partial charge in [0.15, 0.2) is 0 Å². The second-order valence-corrected chi connectivity index (χ2v) is 3.80. The predicted octanol–water partition coefficient (Wildman–Crippen LogP) is 2.75. The molecule has 1 aromatic carbocycles. The van der Waals surface area contributed by atoms with Crippen LogP contribution in [0.15, 0.2) is 42.6 Å². The van der Waals surface area contributed by atoms with Gasteiger partial charge in [0.05, 0.1) is 17.7 Å². The number of ether oxygens (including phenoxy) is 1. The summed E-state index contributed by atoms with van der Waals surface area (Å²) in [5, 5.41) is 10.8. The Balaban J connectivity index is 1.96. The Morgan fingerprint density at radius 2 is 2.05 bits per heavy atom. The SMILES string of the molecule is O=[N+]([O-])c1ccccc1CCOc1ccc(F)nc1. The maximum Gasteiger partial charge on any atom is 0.272 e. The van der Waals surface area contributed by atoms with Crippen molar-refractivity contribution in [3.05, 3.63) is 64.2 Å². The second kappa shape index (κ2) is 5.90. The monoisotopic (exact) mass is 262 g/mol. The van der Waals surface area contributed by atoms with E-state index in [1.807, 2.05) is 0 Å². The summed E-state index contributed by atoms with van der Waals surface area (Å²) in [4.78, 5) is 13.8. The van der Waals surface area contributed by atoms with Crippen molar-refractivity contribution in [2.45, 2.75) is 6.42 Å². The molecule has 0 aliphatic heterocycles. The van der Waals surface area contributed by atoms with Gasteiger partial charge in [0.1, 0.15) is 5.75 Å². The summed E-state index contributed by atoms with van der Waals surface area (Å²) < 4.78 is 17.9. The lowest BCUT2D eigenvalue weighted by Gasteiger charge is -2.06. The highest BCUT2D eigenvalue weighted by atomic mass is 19.1. The van der Waals surface area contributed by atoms with Crippen LogP contribution in [0.25, 0.3) is 0 Å². The van der Waals surface area contributed by atoms with Crippen LogP contribution in [0.1, 0.15) is 5.56 Å². The fraction of sp³-hybridized carbons (Fsp3) is 0.154. The van der Waals surface area contributed by atoms with Gasteiger partial charge in [-0.05, 0) is 12.1 Å². The van der Waals surface area contributed by atoms with Crippen molar-refractivity contribution < 1.29 is 14.1 Å². The molecule has 1 aromatic heterocycles. The summed E-state index contributed by atoms with van der Waals surface area (Å²) in [5.41, 5.74) is 0.672. The first-order valence-electron chi connectivity index (χ1n) is 5.63. The molecule has 0 N–H and O–H groups in total. The molecule has 2 aromatic rings. The van der Waals surface area contributed by atoms with Gasteiger partial charge >= 0.3 is 0 Å². The summed E-state index contributed by atoms with van der Waals surface area (Å²) >= 11 is 0. The molecule has 1 heterocycles. The molecule has 98 valence electrons. The van der Waals surface area contributed by atoms with E-state index in [0.29, 0.717) is 17.7 Å². The topological polar surface area (TPSA) is 65.3 Å². The normalized spacial score (nSPS) is 10.2. The van der Waals surface area contributed by atoms with E-state index in [2.05, 4.69) is 4.98 Å². The van der Waals surface area contributed by atoms with Gasteiger partial charge in [0, 0.05) is 18.1 Å². The zero-order valence-corrected chi connectivity index (χ0v) is 9.95. The van der Waals surface area contributed by atoms with Crippen LogP contribution in [0.4, 0.5) is 10.1 Å². The molecule has 0 fully saturated rings. The van der Waals surface area contributed by atoms with E-state index in [-0.39, 0.29) is 12.3 Å². The number of aromatic nitrogens is 1. The molecule has 0 atom stereocenters. The number of nitro groups is 1. The van der Waals surface area contributed by atoms with Crippen LogP contribution in [-0.2, 0) is 6.42 Å². The third-order valence-corrected chi connectivity index (χ3v) is 2.53. The fourth-order valence-electron chi connectivity index (χ4n) is 1.63. The van der Waals surface area contributed by atoms with Crippen molar-refractivity contribution in [1.29, 1.82) is 0 Å².